The predicted octanol–water partition coefficient (Wildman–Crippen LogP) is 5.70. The first-order valence-corrected chi connectivity index (χ1v) is 11.2. The van der Waals surface area contributed by atoms with E-state index in [0.717, 1.165) is 23.3 Å². The van der Waals surface area contributed by atoms with Crippen LogP contribution in [0.4, 0.5) is 0 Å². The van der Waals surface area contributed by atoms with E-state index in [-0.39, 0.29) is 17.2 Å². The van der Waals surface area contributed by atoms with Gasteiger partial charge in [0, 0.05) is 11.5 Å². The van der Waals surface area contributed by atoms with Gasteiger partial charge < -0.3 is 4.74 Å². The molecule has 2 fully saturated rings. The molecule has 0 bridgehead atoms. The number of hydrogen-bond acceptors (Lipinski definition) is 3. The maximum atomic E-state index is 12.6. The van der Waals surface area contributed by atoms with E-state index in [0.29, 0.717) is 12.5 Å². The Morgan fingerprint density at radius 1 is 1.10 bits per heavy atom. The number of rotatable bonds is 6. The third-order valence-corrected chi connectivity index (χ3v) is 7.17. The van der Waals surface area contributed by atoms with E-state index in [1.807, 2.05) is 36.4 Å². The van der Waals surface area contributed by atoms with Crippen molar-refractivity contribution in [2.45, 2.75) is 39.2 Å². The molecule has 3 aromatic rings. The van der Waals surface area contributed by atoms with Crippen LogP contribution in [-0.4, -0.2) is 12.1 Å². The fraction of sp³-hybridized carbons (Fsp3) is 0.333. The van der Waals surface area contributed by atoms with Gasteiger partial charge in [0.05, 0.1) is 6.21 Å². The van der Waals surface area contributed by atoms with Crippen LogP contribution < -0.4 is 10.2 Å². The maximum Gasteiger partial charge on any atom is 0.244 e. The van der Waals surface area contributed by atoms with E-state index < -0.39 is 0 Å². The molecular formula is C27H28N2O2. The molecule has 0 spiro atoms. The van der Waals surface area contributed by atoms with Gasteiger partial charge in [0.1, 0.15) is 12.4 Å². The first kappa shape index (κ1) is 19.8. The average Bonchev–Trinajstić information content (AvgIpc) is 3.44. The van der Waals surface area contributed by atoms with Crippen molar-refractivity contribution in [3.63, 3.8) is 0 Å². The molecule has 4 nitrogen and oxygen atoms in total. The lowest BCUT2D eigenvalue weighted by atomic mass is 9.90. The quantitative estimate of drug-likeness (QED) is 0.417. The molecule has 0 saturated heterocycles. The molecule has 2 saturated carbocycles. The SMILES string of the molecule is C[C@]12CCCC[C@H]1[C@H]2C(=O)N/N=C\c1ccccc1OCc1cccc2ccccc12. The van der Waals surface area contributed by atoms with Crippen LogP contribution in [0.3, 0.4) is 0 Å². The largest absolute Gasteiger partial charge is 0.488 e. The van der Waals surface area contributed by atoms with E-state index in [2.05, 4.69) is 47.8 Å². The number of carbonyl (C=O) groups excluding carboxylic acids is 1. The number of benzene rings is 3. The van der Waals surface area contributed by atoms with Gasteiger partial charge in [0.25, 0.3) is 0 Å². The molecule has 2 aliphatic rings. The highest BCUT2D eigenvalue weighted by Gasteiger charge is 2.64. The Morgan fingerprint density at radius 2 is 1.90 bits per heavy atom. The zero-order valence-electron chi connectivity index (χ0n) is 17.9. The number of carbonyl (C=O) groups is 1. The summed E-state index contributed by atoms with van der Waals surface area (Å²) in [6.07, 6.45) is 6.49. The van der Waals surface area contributed by atoms with E-state index >= 15 is 0 Å². The van der Waals surface area contributed by atoms with Crippen LogP contribution in [0.25, 0.3) is 10.8 Å². The van der Waals surface area contributed by atoms with Gasteiger partial charge in [-0.2, -0.15) is 5.10 Å². The van der Waals surface area contributed by atoms with E-state index in [1.165, 1.54) is 30.0 Å². The molecule has 0 aliphatic heterocycles. The standard InChI is InChI=1S/C27H28N2O2/c1-27-16-7-6-14-23(27)25(27)26(30)29-28-17-20-10-3-5-15-24(20)31-18-21-12-8-11-19-9-2-4-13-22(19)21/h2-5,8-13,15,17,23,25H,6-7,14,16,18H2,1H3,(H,29,30)/b28-17-/t23-,25-,27-/m0/s1. The zero-order valence-corrected chi connectivity index (χ0v) is 17.9. The summed E-state index contributed by atoms with van der Waals surface area (Å²) in [5.41, 5.74) is 4.96. The minimum absolute atomic E-state index is 0.0554. The van der Waals surface area contributed by atoms with Crippen LogP contribution >= 0.6 is 0 Å². The Morgan fingerprint density at radius 3 is 2.77 bits per heavy atom. The topological polar surface area (TPSA) is 50.7 Å². The molecule has 4 heteroatoms. The predicted molar refractivity (Wildman–Crippen MR) is 124 cm³/mol. The summed E-state index contributed by atoms with van der Waals surface area (Å²) in [5.74, 6) is 1.46. The number of fused-ring (bicyclic) bond motifs is 2. The molecule has 5 rings (SSSR count). The lowest BCUT2D eigenvalue weighted by molar-refractivity contribution is -0.123. The molecule has 1 amide bonds. The summed E-state index contributed by atoms with van der Waals surface area (Å²) < 4.78 is 6.14. The molecule has 3 aromatic carbocycles. The fourth-order valence-corrected chi connectivity index (χ4v) is 5.38. The van der Waals surface area contributed by atoms with Gasteiger partial charge >= 0.3 is 0 Å². The monoisotopic (exact) mass is 412 g/mol. The molecule has 0 radical (unpaired) electrons. The van der Waals surface area contributed by atoms with Crippen molar-refractivity contribution in [2.24, 2.45) is 22.4 Å². The number of nitrogens with zero attached hydrogens (tertiary/aromatic N) is 1. The summed E-state index contributed by atoms with van der Waals surface area (Å²) in [4.78, 5) is 12.6. The highest BCUT2D eigenvalue weighted by molar-refractivity contribution is 5.87. The molecule has 31 heavy (non-hydrogen) atoms. The van der Waals surface area contributed by atoms with E-state index in [4.69, 9.17) is 4.74 Å². The number of nitrogens with one attached hydrogen (secondary N) is 1. The molecule has 158 valence electrons. The third kappa shape index (κ3) is 3.83. The van der Waals surface area contributed by atoms with Gasteiger partial charge in [-0.25, -0.2) is 5.43 Å². The van der Waals surface area contributed by atoms with Crippen molar-refractivity contribution in [1.82, 2.24) is 5.43 Å². The van der Waals surface area contributed by atoms with Gasteiger partial charge in [0.15, 0.2) is 0 Å². The van der Waals surface area contributed by atoms with Crippen LogP contribution in [0.1, 0.15) is 43.7 Å². The number of ether oxygens (including phenoxy) is 1. The summed E-state index contributed by atoms with van der Waals surface area (Å²) >= 11 is 0. The number of para-hydroxylation sites is 1. The third-order valence-electron chi connectivity index (χ3n) is 7.17. The van der Waals surface area contributed by atoms with E-state index in [1.54, 1.807) is 6.21 Å². The molecule has 1 N–H and O–H groups in total. The fourth-order valence-electron chi connectivity index (χ4n) is 5.38. The average molecular weight is 413 g/mol. The molecular weight excluding hydrogens is 384 g/mol. The van der Waals surface area contributed by atoms with Crippen molar-refractivity contribution in [3.8, 4) is 5.75 Å². The van der Waals surface area contributed by atoms with Crippen LogP contribution in [0.5, 0.6) is 5.75 Å². The van der Waals surface area contributed by atoms with Crippen LogP contribution in [0.2, 0.25) is 0 Å². The molecule has 2 aliphatic carbocycles. The number of amides is 1. The van der Waals surface area contributed by atoms with Crippen molar-refractivity contribution >= 4 is 22.9 Å². The molecule has 0 unspecified atom stereocenters. The Labute approximate surface area is 183 Å². The van der Waals surface area contributed by atoms with Gasteiger partial charge in [-0.05, 0) is 52.6 Å². The summed E-state index contributed by atoms with van der Waals surface area (Å²) in [6, 6.07) is 22.4. The maximum absolute atomic E-state index is 12.6. The van der Waals surface area contributed by atoms with Crippen LogP contribution in [0, 0.1) is 17.3 Å². The van der Waals surface area contributed by atoms with Gasteiger partial charge in [-0.3, -0.25) is 4.79 Å². The highest BCUT2D eigenvalue weighted by Crippen LogP contribution is 2.66. The Bertz CT molecular complexity index is 1130. The van der Waals surface area contributed by atoms with Gasteiger partial charge in [-0.1, -0.05) is 74.4 Å². The molecule has 3 atom stereocenters. The Kier molecular flexibility index (Phi) is 5.23. The zero-order chi connectivity index (χ0) is 21.3. The first-order chi connectivity index (χ1) is 15.2. The van der Waals surface area contributed by atoms with Crippen molar-refractivity contribution in [1.29, 1.82) is 0 Å². The lowest BCUT2D eigenvalue weighted by Crippen LogP contribution is -2.22. The molecule has 0 heterocycles. The van der Waals surface area contributed by atoms with Gasteiger partial charge in [-0.15, -0.1) is 0 Å². The van der Waals surface area contributed by atoms with Gasteiger partial charge in [0.2, 0.25) is 5.91 Å². The summed E-state index contributed by atoms with van der Waals surface area (Å²) in [7, 11) is 0. The second-order valence-corrected chi connectivity index (χ2v) is 9.03. The second kappa shape index (κ2) is 8.18. The van der Waals surface area contributed by atoms with Crippen molar-refractivity contribution in [2.75, 3.05) is 0 Å². The summed E-state index contributed by atoms with van der Waals surface area (Å²) in [5, 5.41) is 6.65. The minimum atomic E-state index is 0.0554. The summed E-state index contributed by atoms with van der Waals surface area (Å²) in [6.45, 7) is 2.72. The normalized spacial score (nSPS) is 24.7. The van der Waals surface area contributed by atoms with E-state index in [9.17, 15) is 4.79 Å². The van der Waals surface area contributed by atoms with Crippen LogP contribution in [0.15, 0.2) is 71.8 Å². The van der Waals surface area contributed by atoms with Crippen molar-refractivity contribution < 1.29 is 9.53 Å². The Hall–Kier alpha value is -3.14. The van der Waals surface area contributed by atoms with Crippen molar-refractivity contribution in [3.05, 3.63) is 77.9 Å². The smallest absolute Gasteiger partial charge is 0.244 e. The minimum Gasteiger partial charge on any atom is -0.488 e. The number of hydrogen-bond donors (Lipinski definition) is 1. The second-order valence-electron chi connectivity index (χ2n) is 9.03. The Balaban J connectivity index is 1.25. The lowest BCUT2D eigenvalue weighted by Gasteiger charge is -2.15. The number of hydrazone groups is 1. The molecule has 0 aromatic heterocycles. The van der Waals surface area contributed by atoms with Crippen LogP contribution in [-0.2, 0) is 11.4 Å². The first-order valence-electron chi connectivity index (χ1n) is 11.2. The highest BCUT2D eigenvalue weighted by atomic mass is 16.5.